The van der Waals surface area contributed by atoms with Gasteiger partial charge in [0.25, 0.3) is 0 Å². The fourth-order valence-corrected chi connectivity index (χ4v) is 4.65. The maximum Gasteiger partial charge on any atom is 0.353 e. The van der Waals surface area contributed by atoms with Crippen molar-refractivity contribution in [1.29, 1.82) is 0 Å². The van der Waals surface area contributed by atoms with Crippen molar-refractivity contribution in [3.63, 3.8) is 0 Å². The molecule has 1 aromatic heterocycles. The van der Waals surface area contributed by atoms with Gasteiger partial charge in [-0.1, -0.05) is 27.7 Å². The van der Waals surface area contributed by atoms with Crippen LogP contribution >= 0.6 is 0 Å². The molecular weight excluding hydrogens is 332 g/mol. The number of rotatable bonds is 3. The van der Waals surface area contributed by atoms with Crippen LogP contribution in [-0.2, 0) is 0 Å². The second-order valence-electron chi connectivity index (χ2n) is 8.54. The minimum absolute atomic E-state index is 0.0354. The summed E-state index contributed by atoms with van der Waals surface area (Å²) in [5.41, 5.74) is 5.87. The average molecular weight is 362 g/mol. The molecule has 0 spiro atoms. The van der Waals surface area contributed by atoms with Crippen molar-refractivity contribution in [1.82, 2.24) is 9.97 Å². The summed E-state index contributed by atoms with van der Waals surface area (Å²) in [5.74, 6) is 2.87. The van der Waals surface area contributed by atoms with Crippen molar-refractivity contribution in [2.24, 2.45) is 23.7 Å². The molecule has 0 aromatic carbocycles. The Morgan fingerprint density at radius 3 is 1.85 bits per heavy atom. The summed E-state index contributed by atoms with van der Waals surface area (Å²) >= 11 is 0. The van der Waals surface area contributed by atoms with Gasteiger partial charge in [-0.25, -0.2) is 0 Å². The fourth-order valence-electron chi connectivity index (χ4n) is 4.65. The second-order valence-corrected chi connectivity index (χ2v) is 8.54. The molecular formula is C18H30N6O2. The van der Waals surface area contributed by atoms with Crippen molar-refractivity contribution >= 4 is 23.3 Å². The minimum Gasteiger partial charge on any atom is -0.378 e. The van der Waals surface area contributed by atoms with Crippen LogP contribution in [0.4, 0.5) is 23.3 Å². The highest BCUT2D eigenvalue weighted by molar-refractivity contribution is 5.71. The molecule has 0 amide bonds. The van der Waals surface area contributed by atoms with Gasteiger partial charge >= 0.3 is 5.69 Å². The van der Waals surface area contributed by atoms with Crippen LogP contribution in [-0.4, -0.2) is 41.1 Å². The number of aromatic nitrogens is 2. The van der Waals surface area contributed by atoms with Gasteiger partial charge in [-0.2, -0.15) is 9.97 Å². The molecule has 8 heteroatoms. The first-order chi connectivity index (χ1) is 12.2. The van der Waals surface area contributed by atoms with Crippen molar-refractivity contribution < 1.29 is 4.92 Å². The summed E-state index contributed by atoms with van der Waals surface area (Å²) in [6.45, 7) is 12.0. The molecule has 2 saturated heterocycles. The van der Waals surface area contributed by atoms with Crippen LogP contribution < -0.4 is 15.5 Å². The van der Waals surface area contributed by atoms with Gasteiger partial charge in [0.2, 0.25) is 17.6 Å². The fraction of sp³-hybridized carbons (Fsp3) is 0.778. The van der Waals surface area contributed by atoms with Crippen molar-refractivity contribution in [2.75, 3.05) is 41.7 Å². The van der Waals surface area contributed by atoms with Crippen LogP contribution in [0.1, 0.15) is 40.5 Å². The molecule has 26 heavy (non-hydrogen) atoms. The quantitative estimate of drug-likeness (QED) is 0.651. The van der Waals surface area contributed by atoms with E-state index in [4.69, 9.17) is 5.73 Å². The Kier molecular flexibility index (Phi) is 5.20. The summed E-state index contributed by atoms with van der Waals surface area (Å²) in [4.78, 5) is 24.3. The molecule has 1 aromatic rings. The molecule has 0 radical (unpaired) electrons. The monoisotopic (exact) mass is 362 g/mol. The zero-order valence-corrected chi connectivity index (χ0v) is 16.2. The van der Waals surface area contributed by atoms with Crippen molar-refractivity contribution in [2.45, 2.75) is 40.5 Å². The summed E-state index contributed by atoms with van der Waals surface area (Å²) in [5, 5.41) is 11.6. The average Bonchev–Trinajstić information content (AvgIpc) is 2.51. The van der Waals surface area contributed by atoms with Crippen LogP contribution in [0.3, 0.4) is 0 Å². The second kappa shape index (κ2) is 7.25. The molecule has 2 N–H and O–H groups in total. The Morgan fingerprint density at radius 2 is 1.38 bits per heavy atom. The van der Waals surface area contributed by atoms with Gasteiger partial charge in [0, 0.05) is 26.2 Å². The van der Waals surface area contributed by atoms with E-state index < -0.39 is 4.92 Å². The molecule has 2 aliphatic heterocycles. The highest BCUT2D eigenvalue weighted by Crippen LogP contribution is 2.37. The standard InChI is InChI=1S/C18H30N6O2/c1-11-5-12(2)8-22(7-11)17-15(24(25)26)16(19)20-18(21-17)23-9-13(3)6-14(4)10-23/h11-14H,5-10H2,1-4H3,(H2,19,20,21)/t11-,12-,13-,14+/m0/s1. The predicted molar refractivity (Wildman–Crippen MR) is 103 cm³/mol. The lowest BCUT2D eigenvalue weighted by Crippen LogP contribution is -2.42. The maximum atomic E-state index is 11.6. The Balaban J connectivity index is 2.01. The largest absolute Gasteiger partial charge is 0.378 e. The number of piperidine rings is 2. The summed E-state index contributed by atoms with van der Waals surface area (Å²) in [7, 11) is 0. The Hall–Kier alpha value is -2.12. The van der Waals surface area contributed by atoms with Gasteiger partial charge in [-0.05, 0) is 36.5 Å². The van der Waals surface area contributed by atoms with E-state index in [2.05, 4.69) is 42.6 Å². The molecule has 3 rings (SSSR count). The van der Waals surface area contributed by atoms with Crippen LogP contribution in [0, 0.1) is 33.8 Å². The number of anilines is 3. The smallest absolute Gasteiger partial charge is 0.353 e. The minimum atomic E-state index is -0.445. The van der Waals surface area contributed by atoms with E-state index in [1.165, 1.54) is 6.42 Å². The highest BCUT2D eigenvalue weighted by Gasteiger charge is 2.33. The van der Waals surface area contributed by atoms with E-state index in [0.29, 0.717) is 35.4 Å². The molecule has 0 unspecified atom stereocenters. The highest BCUT2D eigenvalue weighted by atomic mass is 16.6. The SMILES string of the molecule is C[C@@H]1C[C@H](C)CN(c2nc(N)c([N+](=O)[O-])c(N3C[C@@H](C)C[C@H](C)C3)n2)C1. The normalized spacial score (nSPS) is 29.7. The third kappa shape index (κ3) is 3.83. The first kappa shape index (κ1) is 18.7. The van der Waals surface area contributed by atoms with Gasteiger partial charge in [0.15, 0.2) is 0 Å². The van der Waals surface area contributed by atoms with Gasteiger partial charge < -0.3 is 15.5 Å². The first-order valence-corrected chi connectivity index (χ1v) is 9.56. The lowest BCUT2D eigenvalue weighted by molar-refractivity contribution is -0.383. The van der Waals surface area contributed by atoms with E-state index in [0.717, 1.165) is 32.6 Å². The third-order valence-electron chi connectivity index (χ3n) is 5.38. The topological polar surface area (TPSA) is 101 Å². The number of nitrogens with zero attached hydrogens (tertiary/aromatic N) is 5. The van der Waals surface area contributed by atoms with Gasteiger partial charge in [-0.15, -0.1) is 0 Å². The van der Waals surface area contributed by atoms with E-state index >= 15 is 0 Å². The number of nitrogen functional groups attached to an aromatic ring is 1. The number of hydrogen-bond donors (Lipinski definition) is 1. The zero-order chi connectivity index (χ0) is 19.0. The molecule has 8 nitrogen and oxygen atoms in total. The zero-order valence-electron chi connectivity index (χ0n) is 16.2. The van der Waals surface area contributed by atoms with Crippen molar-refractivity contribution in [3.05, 3.63) is 10.1 Å². The van der Waals surface area contributed by atoms with E-state index in [1.54, 1.807) is 0 Å². The Bertz CT molecular complexity index is 662. The van der Waals surface area contributed by atoms with Crippen LogP contribution in [0.5, 0.6) is 0 Å². The Labute approximate surface area is 154 Å². The van der Waals surface area contributed by atoms with E-state index in [-0.39, 0.29) is 11.5 Å². The molecule has 0 saturated carbocycles. The van der Waals surface area contributed by atoms with Gasteiger partial charge in [0.1, 0.15) is 0 Å². The van der Waals surface area contributed by atoms with Gasteiger partial charge in [0.05, 0.1) is 4.92 Å². The first-order valence-electron chi connectivity index (χ1n) is 9.56. The summed E-state index contributed by atoms with van der Waals surface area (Å²) in [6.07, 6.45) is 2.30. The number of hydrogen-bond acceptors (Lipinski definition) is 7. The molecule has 2 fully saturated rings. The molecule has 3 heterocycles. The lowest BCUT2D eigenvalue weighted by Gasteiger charge is -2.37. The van der Waals surface area contributed by atoms with E-state index in [1.807, 2.05) is 4.90 Å². The van der Waals surface area contributed by atoms with Crippen LogP contribution in [0.2, 0.25) is 0 Å². The molecule has 144 valence electrons. The molecule has 4 atom stereocenters. The van der Waals surface area contributed by atoms with Crippen LogP contribution in [0.15, 0.2) is 0 Å². The molecule has 2 aliphatic rings. The number of nitro groups is 1. The Morgan fingerprint density at radius 1 is 0.923 bits per heavy atom. The maximum absolute atomic E-state index is 11.6. The number of nitrogens with two attached hydrogens (primary N) is 1. The van der Waals surface area contributed by atoms with Gasteiger partial charge in [-0.3, -0.25) is 10.1 Å². The van der Waals surface area contributed by atoms with E-state index in [9.17, 15) is 10.1 Å². The predicted octanol–water partition coefficient (Wildman–Crippen LogP) is 2.93. The molecule has 0 aliphatic carbocycles. The van der Waals surface area contributed by atoms with Crippen molar-refractivity contribution in [3.8, 4) is 0 Å². The molecule has 0 bridgehead atoms. The summed E-state index contributed by atoms with van der Waals surface area (Å²) < 4.78 is 0. The lowest BCUT2D eigenvalue weighted by atomic mass is 9.92. The summed E-state index contributed by atoms with van der Waals surface area (Å²) in [6, 6.07) is 0. The van der Waals surface area contributed by atoms with Crippen LogP contribution in [0.25, 0.3) is 0 Å². The third-order valence-corrected chi connectivity index (χ3v) is 5.38.